The molecule has 9 heteroatoms. The predicted octanol–water partition coefficient (Wildman–Crippen LogP) is 4.63. The number of nitrogens with zero attached hydrogens (tertiary/aromatic N) is 3. The first-order valence-electron chi connectivity index (χ1n) is 10.9. The topological polar surface area (TPSA) is 49.6 Å². The summed E-state index contributed by atoms with van der Waals surface area (Å²) in [5, 5.41) is 3.38. The molecule has 0 unspecified atom stereocenters. The van der Waals surface area contributed by atoms with Crippen LogP contribution in [0.25, 0.3) is 4.85 Å². The van der Waals surface area contributed by atoms with Gasteiger partial charge in [-0.15, -0.1) is 0 Å². The summed E-state index contributed by atoms with van der Waals surface area (Å²) in [6.45, 7) is 13.5. The molecule has 0 spiro atoms. The van der Waals surface area contributed by atoms with Crippen molar-refractivity contribution in [2.24, 2.45) is 11.3 Å². The average Bonchev–Trinajstić information content (AvgIpc) is 3.21. The van der Waals surface area contributed by atoms with Gasteiger partial charge in [0.15, 0.2) is 0 Å². The van der Waals surface area contributed by atoms with Gasteiger partial charge in [0.25, 0.3) is 0 Å². The van der Waals surface area contributed by atoms with Crippen molar-refractivity contribution in [3.63, 3.8) is 0 Å². The molecule has 5 nitrogen and oxygen atoms in total. The third kappa shape index (κ3) is 4.90. The Morgan fingerprint density at radius 3 is 2.66 bits per heavy atom. The quantitative estimate of drug-likeness (QED) is 0.504. The van der Waals surface area contributed by atoms with Gasteiger partial charge in [-0.25, -0.2) is 11.0 Å². The lowest BCUT2D eigenvalue weighted by Crippen LogP contribution is -2.55. The van der Waals surface area contributed by atoms with Gasteiger partial charge in [-0.1, -0.05) is 13.8 Å². The van der Waals surface area contributed by atoms with E-state index in [-0.39, 0.29) is 36.4 Å². The molecule has 2 fully saturated rings. The first-order chi connectivity index (χ1) is 14.9. The van der Waals surface area contributed by atoms with E-state index in [9.17, 15) is 22.4 Å². The van der Waals surface area contributed by atoms with E-state index in [2.05, 4.69) is 35.9 Å². The van der Waals surface area contributed by atoms with Gasteiger partial charge in [0.1, 0.15) is 6.17 Å². The van der Waals surface area contributed by atoms with Crippen LogP contribution in [0.5, 0.6) is 0 Å². The summed E-state index contributed by atoms with van der Waals surface area (Å²) in [5.74, 6) is 0.0396. The zero-order valence-electron chi connectivity index (χ0n) is 18.7. The van der Waals surface area contributed by atoms with Gasteiger partial charge in [-0.3, -0.25) is 19.5 Å². The third-order valence-electron chi connectivity index (χ3n) is 7.66. The van der Waals surface area contributed by atoms with Crippen LogP contribution in [-0.2, 0) is 17.4 Å². The molecule has 1 aliphatic heterocycles. The SMILES string of the molecule is [C-]#[N+][C@@H]1C[C@H](F)CN1C(=O)CN[C@]1(C)CC[C@H](CCc2ccc(C(F)(F)F)cn2)C1(C)C. The Hall–Kier alpha value is -2.21. The first kappa shape index (κ1) is 24.4. The normalized spacial score (nSPS) is 29.8. The highest BCUT2D eigenvalue weighted by Gasteiger charge is 2.51. The Labute approximate surface area is 186 Å². The van der Waals surface area contributed by atoms with Gasteiger partial charge in [-0.2, -0.15) is 13.2 Å². The predicted molar refractivity (Wildman–Crippen MR) is 112 cm³/mol. The summed E-state index contributed by atoms with van der Waals surface area (Å²) < 4.78 is 51.8. The lowest BCUT2D eigenvalue weighted by molar-refractivity contribution is -0.137. The maximum atomic E-state index is 13.6. The molecule has 1 saturated heterocycles. The third-order valence-corrected chi connectivity index (χ3v) is 7.66. The number of hydrogen-bond donors (Lipinski definition) is 1. The fourth-order valence-corrected chi connectivity index (χ4v) is 5.01. The molecule has 176 valence electrons. The van der Waals surface area contributed by atoms with Crippen LogP contribution in [0.2, 0.25) is 0 Å². The van der Waals surface area contributed by atoms with Crippen LogP contribution < -0.4 is 5.32 Å². The van der Waals surface area contributed by atoms with Crippen LogP contribution in [0.3, 0.4) is 0 Å². The molecule has 0 bridgehead atoms. The summed E-state index contributed by atoms with van der Waals surface area (Å²) >= 11 is 0. The zero-order chi connectivity index (χ0) is 23.7. The summed E-state index contributed by atoms with van der Waals surface area (Å²) in [6.07, 6.45) is -2.19. The highest BCUT2D eigenvalue weighted by atomic mass is 19.4. The second-order valence-corrected chi connectivity index (χ2v) is 9.71. The Morgan fingerprint density at radius 1 is 1.34 bits per heavy atom. The fourth-order valence-electron chi connectivity index (χ4n) is 5.01. The van der Waals surface area contributed by atoms with Gasteiger partial charge >= 0.3 is 12.3 Å². The molecule has 3 rings (SSSR count). The molecule has 0 radical (unpaired) electrons. The van der Waals surface area contributed by atoms with Crippen molar-refractivity contribution in [1.29, 1.82) is 0 Å². The van der Waals surface area contributed by atoms with Crippen molar-refractivity contribution in [1.82, 2.24) is 15.2 Å². The Morgan fingerprint density at radius 2 is 2.06 bits per heavy atom. The van der Waals surface area contributed by atoms with Gasteiger partial charge in [0.2, 0.25) is 5.91 Å². The van der Waals surface area contributed by atoms with E-state index in [4.69, 9.17) is 6.57 Å². The van der Waals surface area contributed by atoms with Crippen LogP contribution in [-0.4, -0.2) is 46.8 Å². The van der Waals surface area contributed by atoms with Crippen molar-refractivity contribution in [3.05, 3.63) is 41.0 Å². The number of rotatable bonds is 6. The Bertz CT molecular complexity index is 864. The molecule has 1 saturated carbocycles. The minimum absolute atomic E-state index is 0.0313. The molecular weight excluding hydrogens is 424 g/mol. The zero-order valence-corrected chi connectivity index (χ0v) is 18.7. The van der Waals surface area contributed by atoms with E-state index in [1.54, 1.807) is 0 Å². The van der Waals surface area contributed by atoms with Gasteiger partial charge in [0, 0.05) is 17.4 Å². The van der Waals surface area contributed by atoms with Crippen LogP contribution in [0.1, 0.15) is 57.7 Å². The van der Waals surface area contributed by atoms with Crippen LogP contribution in [0.4, 0.5) is 17.6 Å². The molecule has 1 aromatic rings. The maximum Gasteiger partial charge on any atom is 0.417 e. The summed E-state index contributed by atoms with van der Waals surface area (Å²) in [4.78, 5) is 21.3. The van der Waals surface area contributed by atoms with E-state index >= 15 is 0 Å². The molecule has 1 amide bonds. The number of halogens is 4. The molecule has 1 aliphatic carbocycles. The van der Waals surface area contributed by atoms with Crippen molar-refractivity contribution in [3.8, 4) is 0 Å². The van der Waals surface area contributed by atoms with Crippen molar-refractivity contribution in [2.75, 3.05) is 13.1 Å². The molecule has 0 aromatic carbocycles. The summed E-state index contributed by atoms with van der Waals surface area (Å²) in [5.41, 5.74) is -0.623. The Balaban J connectivity index is 1.57. The van der Waals surface area contributed by atoms with Crippen LogP contribution in [0, 0.1) is 17.9 Å². The van der Waals surface area contributed by atoms with E-state index in [0.717, 1.165) is 31.5 Å². The maximum absolute atomic E-state index is 13.6. The van der Waals surface area contributed by atoms with Gasteiger partial charge < -0.3 is 5.32 Å². The van der Waals surface area contributed by atoms with E-state index in [1.807, 2.05) is 0 Å². The number of aromatic nitrogens is 1. The van der Waals surface area contributed by atoms with E-state index in [0.29, 0.717) is 18.0 Å². The van der Waals surface area contributed by atoms with Crippen LogP contribution in [0.15, 0.2) is 18.3 Å². The summed E-state index contributed by atoms with van der Waals surface area (Å²) in [6, 6.07) is 2.50. The molecule has 32 heavy (non-hydrogen) atoms. The second kappa shape index (κ2) is 8.97. The van der Waals surface area contributed by atoms with Crippen molar-refractivity contribution < 1.29 is 22.4 Å². The first-order valence-corrected chi connectivity index (χ1v) is 10.9. The number of carbonyl (C=O) groups excluding carboxylic acids is 1. The number of carbonyl (C=O) groups is 1. The monoisotopic (exact) mass is 454 g/mol. The second-order valence-electron chi connectivity index (χ2n) is 9.71. The smallest absolute Gasteiger partial charge is 0.303 e. The van der Waals surface area contributed by atoms with Crippen molar-refractivity contribution >= 4 is 5.91 Å². The largest absolute Gasteiger partial charge is 0.417 e. The van der Waals surface area contributed by atoms with E-state index < -0.39 is 24.1 Å². The number of pyridine rings is 1. The van der Waals surface area contributed by atoms with Gasteiger partial charge in [-0.05, 0) is 56.1 Å². The van der Waals surface area contributed by atoms with Gasteiger partial charge in [0.05, 0.1) is 25.1 Å². The molecule has 2 aliphatic rings. The number of likely N-dealkylation sites (tertiary alicyclic amines) is 1. The molecule has 1 N–H and O–H groups in total. The average molecular weight is 455 g/mol. The standard InChI is InChI=1S/C23H30F4N4O/c1-21(2)15(5-7-18-8-6-16(12-29-18)23(25,26)27)9-10-22(21,3)30-13-20(32)31-14-17(24)11-19(31)28-4/h6,8,12,15,17,19,30H,5,7,9-11,13-14H2,1-3H3/t15-,17-,19-,22+/m0/s1. The lowest BCUT2D eigenvalue weighted by Gasteiger charge is -2.43. The molecule has 2 heterocycles. The lowest BCUT2D eigenvalue weighted by atomic mass is 9.70. The number of amides is 1. The van der Waals surface area contributed by atoms with Crippen LogP contribution >= 0.6 is 0 Å². The Kier molecular flexibility index (Phi) is 6.85. The van der Waals surface area contributed by atoms with Crippen molar-refractivity contribution in [2.45, 2.75) is 76.9 Å². The van der Waals surface area contributed by atoms with E-state index in [1.165, 1.54) is 11.0 Å². The summed E-state index contributed by atoms with van der Waals surface area (Å²) in [7, 11) is 0. The highest BCUT2D eigenvalue weighted by molar-refractivity contribution is 5.79. The number of aryl methyl sites for hydroxylation is 1. The number of alkyl halides is 4. The minimum Gasteiger partial charge on any atom is -0.303 e. The molecule has 4 atom stereocenters. The molecule has 1 aromatic heterocycles. The number of nitrogens with one attached hydrogen (secondary N) is 1. The molecular formula is C23H30F4N4O. The highest BCUT2D eigenvalue weighted by Crippen LogP contribution is 2.51. The fraction of sp³-hybridized carbons (Fsp3) is 0.696. The number of hydrogen-bond acceptors (Lipinski definition) is 3. The minimum atomic E-state index is -4.39.